The molecular weight excluding hydrogens is 190 g/mol. The van der Waals surface area contributed by atoms with Crippen LogP contribution in [0, 0.1) is 17.8 Å². The van der Waals surface area contributed by atoms with Crippen molar-refractivity contribution in [2.75, 3.05) is 0 Å². The Balaban J connectivity index is 2.50. The molecule has 0 saturated heterocycles. The standard InChI is InChI=1S/C11H23N3O/c1-7(2)9-5-4-8(3)6-10(9)13-14-11(12)15/h7-10,13H,4-6H2,1-3H3,(H3,12,14,15)/t8-,9-,10+/m1/s1. The Morgan fingerprint density at radius 1 is 1.40 bits per heavy atom. The van der Waals surface area contributed by atoms with E-state index in [1.807, 2.05) is 0 Å². The molecule has 0 unspecified atom stereocenters. The van der Waals surface area contributed by atoms with Crippen LogP contribution < -0.4 is 16.6 Å². The molecule has 0 aromatic heterocycles. The molecule has 0 spiro atoms. The summed E-state index contributed by atoms with van der Waals surface area (Å²) in [5, 5.41) is 0. The van der Waals surface area contributed by atoms with Crippen molar-refractivity contribution >= 4 is 6.03 Å². The van der Waals surface area contributed by atoms with E-state index in [-0.39, 0.29) is 0 Å². The van der Waals surface area contributed by atoms with Crippen LogP contribution in [0.25, 0.3) is 0 Å². The molecule has 4 N–H and O–H groups in total. The summed E-state index contributed by atoms with van der Waals surface area (Å²) in [6, 6.07) is -0.142. The van der Waals surface area contributed by atoms with Gasteiger partial charge in [0, 0.05) is 6.04 Å². The number of primary amides is 1. The third-order valence-electron chi connectivity index (χ3n) is 3.40. The summed E-state index contributed by atoms with van der Waals surface area (Å²) in [5.41, 5.74) is 10.6. The Bertz CT molecular complexity index is 218. The van der Waals surface area contributed by atoms with Gasteiger partial charge in [0.2, 0.25) is 0 Å². The van der Waals surface area contributed by atoms with E-state index in [4.69, 9.17) is 5.73 Å². The fraction of sp³-hybridized carbons (Fsp3) is 0.909. The molecule has 1 aliphatic rings. The van der Waals surface area contributed by atoms with E-state index in [1.165, 1.54) is 12.8 Å². The van der Waals surface area contributed by atoms with Gasteiger partial charge in [0.25, 0.3) is 0 Å². The van der Waals surface area contributed by atoms with Crippen molar-refractivity contribution in [2.45, 2.75) is 46.1 Å². The van der Waals surface area contributed by atoms with Gasteiger partial charge >= 0.3 is 6.03 Å². The van der Waals surface area contributed by atoms with E-state index in [0.29, 0.717) is 17.9 Å². The van der Waals surface area contributed by atoms with Gasteiger partial charge in [-0.05, 0) is 30.6 Å². The molecule has 3 atom stereocenters. The van der Waals surface area contributed by atoms with Crippen LogP contribution in [0.3, 0.4) is 0 Å². The first kappa shape index (κ1) is 12.3. The molecule has 15 heavy (non-hydrogen) atoms. The number of nitrogens with one attached hydrogen (secondary N) is 2. The first-order valence-corrected chi connectivity index (χ1v) is 5.81. The van der Waals surface area contributed by atoms with Crippen molar-refractivity contribution in [3.8, 4) is 0 Å². The van der Waals surface area contributed by atoms with E-state index in [9.17, 15) is 4.79 Å². The zero-order valence-electron chi connectivity index (χ0n) is 9.92. The van der Waals surface area contributed by atoms with Crippen LogP contribution in [-0.2, 0) is 0 Å². The molecule has 4 nitrogen and oxygen atoms in total. The molecule has 0 heterocycles. The first-order chi connectivity index (χ1) is 7.00. The maximum atomic E-state index is 10.6. The number of amides is 2. The molecule has 0 aromatic carbocycles. The van der Waals surface area contributed by atoms with Gasteiger partial charge in [-0.2, -0.15) is 0 Å². The maximum absolute atomic E-state index is 10.6. The second-order valence-electron chi connectivity index (χ2n) is 5.07. The molecule has 0 aliphatic heterocycles. The van der Waals surface area contributed by atoms with Crippen LogP contribution in [0.15, 0.2) is 0 Å². The minimum absolute atomic E-state index is 0.362. The van der Waals surface area contributed by atoms with E-state index in [1.54, 1.807) is 0 Å². The lowest BCUT2D eigenvalue weighted by Crippen LogP contribution is -2.52. The summed E-state index contributed by atoms with van der Waals surface area (Å²) in [6.45, 7) is 6.73. The summed E-state index contributed by atoms with van der Waals surface area (Å²) in [4.78, 5) is 10.6. The highest BCUT2D eigenvalue weighted by Crippen LogP contribution is 2.33. The third-order valence-corrected chi connectivity index (χ3v) is 3.40. The number of rotatable bonds is 3. The van der Waals surface area contributed by atoms with E-state index < -0.39 is 6.03 Å². The quantitative estimate of drug-likeness (QED) is 0.624. The molecule has 1 aliphatic carbocycles. The van der Waals surface area contributed by atoms with Crippen LogP contribution >= 0.6 is 0 Å². The average molecular weight is 213 g/mol. The van der Waals surface area contributed by atoms with Crippen LogP contribution in [0.2, 0.25) is 0 Å². The molecule has 1 saturated carbocycles. The molecule has 2 amide bonds. The molecular formula is C11H23N3O. The van der Waals surface area contributed by atoms with Crippen molar-refractivity contribution in [1.82, 2.24) is 10.9 Å². The highest BCUT2D eigenvalue weighted by molar-refractivity contribution is 5.70. The number of urea groups is 1. The minimum Gasteiger partial charge on any atom is -0.351 e. The molecule has 1 fully saturated rings. The fourth-order valence-corrected chi connectivity index (χ4v) is 2.53. The van der Waals surface area contributed by atoms with Gasteiger partial charge in [-0.25, -0.2) is 10.2 Å². The third kappa shape index (κ3) is 3.70. The van der Waals surface area contributed by atoms with Gasteiger partial charge in [0.05, 0.1) is 0 Å². The number of hydrazine groups is 1. The summed E-state index contributed by atoms with van der Waals surface area (Å²) in [6.07, 6.45) is 3.64. The van der Waals surface area contributed by atoms with Crippen molar-refractivity contribution in [1.29, 1.82) is 0 Å². The van der Waals surface area contributed by atoms with Gasteiger partial charge in [-0.15, -0.1) is 0 Å². The Morgan fingerprint density at radius 3 is 2.60 bits per heavy atom. The second-order valence-corrected chi connectivity index (χ2v) is 5.07. The van der Waals surface area contributed by atoms with Gasteiger partial charge < -0.3 is 5.73 Å². The first-order valence-electron chi connectivity index (χ1n) is 5.81. The van der Waals surface area contributed by atoms with Gasteiger partial charge in [-0.3, -0.25) is 5.43 Å². The van der Waals surface area contributed by atoms with E-state index >= 15 is 0 Å². The van der Waals surface area contributed by atoms with E-state index in [2.05, 4.69) is 31.6 Å². The predicted molar refractivity (Wildman–Crippen MR) is 61.0 cm³/mol. The Hall–Kier alpha value is -0.770. The fourth-order valence-electron chi connectivity index (χ4n) is 2.53. The number of carbonyl (C=O) groups excluding carboxylic acids is 1. The summed E-state index contributed by atoms with van der Waals surface area (Å²) >= 11 is 0. The molecule has 4 heteroatoms. The average Bonchev–Trinajstić information content (AvgIpc) is 2.14. The highest BCUT2D eigenvalue weighted by atomic mass is 16.2. The number of hydrogen-bond acceptors (Lipinski definition) is 2. The summed E-state index contributed by atoms with van der Waals surface area (Å²) in [7, 11) is 0. The van der Waals surface area contributed by atoms with Crippen LogP contribution in [0.5, 0.6) is 0 Å². The van der Waals surface area contributed by atoms with Crippen molar-refractivity contribution < 1.29 is 4.79 Å². The van der Waals surface area contributed by atoms with Crippen LogP contribution in [-0.4, -0.2) is 12.1 Å². The van der Waals surface area contributed by atoms with Gasteiger partial charge in [-0.1, -0.05) is 27.2 Å². The summed E-state index contributed by atoms with van der Waals surface area (Å²) < 4.78 is 0. The minimum atomic E-state index is -0.504. The second kappa shape index (κ2) is 5.35. The monoisotopic (exact) mass is 213 g/mol. The molecule has 0 bridgehead atoms. The smallest absolute Gasteiger partial charge is 0.326 e. The summed E-state index contributed by atoms with van der Waals surface area (Å²) in [5.74, 6) is 2.00. The Kier molecular flexibility index (Phi) is 4.39. The lowest BCUT2D eigenvalue weighted by molar-refractivity contribution is 0.158. The van der Waals surface area contributed by atoms with Crippen molar-refractivity contribution in [3.05, 3.63) is 0 Å². The van der Waals surface area contributed by atoms with Crippen LogP contribution in [0.4, 0.5) is 4.79 Å². The molecule has 1 rings (SSSR count). The molecule has 0 aromatic rings. The number of nitrogens with two attached hydrogens (primary N) is 1. The molecule has 88 valence electrons. The zero-order valence-corrected chi connectivity index (χ0v) is 9.92. The number of hydrogen-bond donors (Lipinski definition) is 3. The molecule has 0 radical (unpaired) electrons. The van der Waals surface area contributed by atoms with Gasteiger partial charge in [0.15, 0.2) is 0 Å². The lowest BCUT2D eigenvalue weighted by Gasteiger charge is -2.37. The van der Waals surface area contributed by atoms with E-state index in [0.717, 1.165) is 12.3 Å². The largest absolute Gasteiger partial charge is 0.351 e. The number of carbonyl (C=O) groups is 1. The topological polar surface area (TPSA) is 67.2 Å². The Morgan fingerprint density at radius 2 is 2.07 bits per heavy atom. The van der Waals surface area contributed by atoms with Crippen molar-refractivity contribution in [3.63, 3.8) is 0 Å². The maximum Gasteiger partial charge on any atom is 0.326 e. The van der Waals surface area contributed by atoms with Gasteiger partial charge in [0.1, 0.15) is 0 Å². The highest BCUT2D eigenvalue weighted by Gasteiger charge is 2.30. The van der Waals surface area contributed by atoms with Crippen molar-refractivity contribution in [2.24, 2.45) is 23.5 Å². The predicted octanol–water partition coefficient (Wildman–Crippen LogP) is 1.62. The normalized spacial score (nSPS) is 31.6. The zero-order chi connectivity index (χ0) is 11.4. The lowest BCUT2D eigenvalue weighted by atomic mass is 9.74. The van der Waals surface area contributed by atoms with Crippen LogP contribution in [0.1, 0.15) is 40.0 Å². The Labute approximate surface area is 92.0 Å². The SMILES string of the molecule is CC(C)[C@H]1CC[C@@H](C)C[C@@H]1NNC(N)=O.